The van der Waals surface area contributed by atoms with E-state index in [1.54, 1.807) is 12.1 Å². The van der Waals surface area contributed by atoms with Crippen LogP contribution in [0.2, 0.25) is 0 Å². The molecular weight excluding hydrogens is 278 g/mol. The number of para-hydroxylation sites is 2. The number of carbonyl (C=O) groups excluding carboxylic acids is 1. The Bertz CT molecular complexity index is 726. The maximum absolute atomic E-state index is 12.4. The fourth-order valence-electron chi connectivity index (χ4n) is 2.03. The predicted octanol–water partition coefficient (Wildman–Crippen LogP) is -0.230. The Balaban J connectivity index is 2.72. The Kier molecular flexibility index (Phi) is 4.51. The van der Waals surface area contributed by atoms with Crippen molar-refractivity contribution < 1.29 is 19.1 Å². The van der Waals surface area contributed by atoms with Crippen LogP contribution in [0.5, 0.6) is 0 Å². The molecule has 2 aromatic rings. The van der Waals surface area contributed by atoms with Crippen molar-refractivity contribution >= 4 is 16.9 Å². The third-order valence-electron chi connectivity index (χ3n) is 2.93. The number of carbonyl (C=O) groups is 1. The highest BCUT2D eigenvalue weighted by molar-refractivity contribution is 5.93. The topological polar surface area (TPSA) is 110 Å². The number of fused-ring (bicyclic) bond motifs is 1. The number of hydrogen-bond donors (Lipinski definition) is 2. The number of benzene rings is 1. The zero-order valence-electron chi connectivity index (χ0n) is 11.4. The molecule has 0 aliphatic carbocycles. The fraction of sp³-hybridized carbons (Fsp3) is 0.308. The molecule has 0 spiro atoms. The van der Waals surface area contributed by atoms with E-state index in [9.17, 15) is 14.9 Å². The van der Waals surface area contributed by atoms with Crippen LogP contribution >= 0.6 is 0 Å². The minimum Gasteiger partial charge on any atom is -0.805 e. The average molecular weight is 293 g/mol. The van der Waals surface area contributed by atoms with E-state index in [0.717, 1.165) is 0 Å². The van der Waals surface area contributed by atoms with Crippen molar-refractivity contribution in [2.75, 3.05) is 20.3 Å². The van der Waals surface area contributed by atoms with E-state index in [4.69, 9.17) is 9.84 Å². The van der Waals surface area contributed by atoms with Crippen LogP contribution in [0.15, 0.2) is 24.3 Å². The molecule has 8 nitrogen and oxygen atoms in total. The summed E-state index contributed by atoms with van der Waals surface area (Å²) in [6, 6.07) is 6.17. The molecule has 0 aliphatic rings. The lowest BCUT2D eigenvalue weighted by Gasteiger charge is -2.18. The fourth-order valence-corrected chi connectivity index (χ4v) is 2.03. The van der Waals surface area contributed by atoms with Crippen LogP contribution in [0.1, 0.15) is 16.2 Å². The molecule has 112 valence electrons. The van der Waals surface area contributed by atoms with Gasteiger partial charge in [0.1, 0.15) is 11.2 Å². The zero-order chi connectivity index (χ0) is 15.4. The van der Waals surface area contributed by atoms with Gasteiger partial charge in [-0.1, -0.05) is 12.1 Å². The summed E-state index contributed by atoms with van der Waals surface area (Å²) < 4.78 is 5.83. The first-order valence-electron chi connectivity index (χ1n) is 6.26. The Labute approximate surface area is 119 Å². The molecule has 1 aromatic carbocycles. The molecule has 0 aliphatic heterocycles. The molecular formula is C13H15N3O5. The van der Waals surface area contributed by atoms with E-state index in [2.05, 4.69) is 5.32 Å². The van der Waals surface area contributed by atoms with Crippen LogP contribution in [0, 0.1) is 10.1 Å². The summed E-state index contributed by atoms with van der Waals surface area (Å²) in [5.41, 5.74) is -0.180. The minimum absolute atomic E-state index is 0.0169. The molecule has 2 rings (SSSR count). The third kappa shape index (κ3) is 2.71. The lowest BCUT2D eigenvalue weighted by molar-refractivity contribution is -0.468. The van der Waals surface area contributed by atoms with Crippen molar-refractivity contribution in [1.29, 1.82) is 0 Å². The van der Waals surface area contributed by atoms with Gasteiger partial charge >= 0.3 is 11.6 Å². The molecule has 0 unspecified atom stereocenters. The molecule has 0 atom stereocenters. The summed E-state index contributed by atoms with van der Waals surface area (Å²) in [5.74, 6) is -0.735. The SMILES string of the molecule is COCc1c(C(=O)NCCO)[n+](=O)c2ccccc2n1[O-]. The summed E-state index contributed by atoms with van der Waals surface area (Å²) in [6.07, 6.45) is 0. The first-order valence-corrected chi connectivity index (χ1v) is 6.26. The van der Waals surface area contributed by atoms with Gasteiger partial charge < -0.3 is 25.1 Å². The highest BCUT2D eigenvalue weighted by Gasteiger charge is 2.28. The van der Waals surface area contributed by atoms with E-state index in [1.165, 1.54) is 19.2 Å². The molecule has 0 saturated heterocycles. The van der Waals surface area contributed by atoms with Gasteiger partial charge in [0.05, 0.1) is 17.6 Å². The minimum atomic E-state index is -0.735. The van der Waals surface area contributed by atoms with Gasteiger partial charge in [-0.05, 0) is 6.07 Å². The van der Waals surface area contributed by atoms with Gasteiger partial charge in [-0.3, -0.25) is 4.79 Å². The normalized spacial score (nSPS) is 10.8. The van der Waals surface area contributed by atoms with Crippen LogP contribution in [-0.4, -0.2) is 36.0 Å². The summed E-state index contributed by atoms with van der Waals surface area (Å²) in [7, 11) is 1.36. The smallest absolute Gasteiger partial charge is 0.349 e. The van der Waals surface area contributed by atoms with Crippen LogP contribution in [-0.2, 0) is 11.3 Å². The van der Waals surface area contributed by atoms with Crippen molar-refractivity contribution in [3.63, 3.8) is 0 Å². The third-order valence-corrected chi connectivity index (χ3v) is 2.93. The molecule has 21 heavy (non-hydrogen) atoms. The molecule has 0 bridgehead atoms. The average Bonchev–Trinajstić information content (AvgIpc) is 2.50. The van der Waals surface area contributed by atoms with Crippen LogP contribution in [0.25, 0.3) is 11.0 Å². The summed E-state index contributed by atoms with van der Waals surface area (Å²) >= 11 is 0. The largest absolute Gasteiger partial charge is 0.805 e. The van der Waals surface area contributed by atoms with Crippen molar-refractivity contribution in [3.05, 3.63) is 45.8 Å². The standard InChI is InChI=1S/C13H15N3O5/c1-21-8-11-12(13(18)14-6-7-17)16(20)10-5-3-2-4-9(10)15(11)19/h2-5,17H,6-8H2,1H3,(H,14,18). The monoisotopic (exact) mass is 293 g/mol. The second-order valence-electron chi connectivity index (χ2n) is 4.29. The molecule has 8 heteroatoms. The van der Waals surface area contributed by atoms with E-state index in [0.29, 0.717) is 9.16 Å². The van der Waals surface area contributed by atoms with Crippen LogP contribution < -0.4 is 9.74 Å². The number of methoxy groups -OCH3 is 1. The molecule has 1 heterocycles. The molecule has 0 saturated carbocycles. The van der Waals surface area contributed by atoms with Crippen molar-refractivity contribution in [1.82, 2.24) is 10.0 Å². The van der Waals surface area contributed by atoms with Crippen LogP contribution in [0.4, 0.5) is 0 Å². The number of rotatable bonds is 5. The van der Waals surface area contributed by atoms with Crippen molar-refractivity contribution in [2.45, 2.75) is 6.61 Å². The Morgan fingerprint density at radius 3 is 2.86 bits per heavy atom. The molecule has 1 amide bonds. The number of hydrogen-bond acceptors (Lipinski definition) is 5. The zero-order valence-corrected chi connectivity index (χ0v) is 11.4. The Hall–Kier alpha value is -2.45. The van der Waals surface area contributed by atoms with Crippen molar-refractivity contribution in [3.8, 4) is 0 Å². The number of nitrogens with zero attached hydrogens (tertiary/aromatic N) is 2. The van der Waals surface area contributed by atoms with Gasteiger partial charge in [0.25, 0.3) is 5.52 Å². The number of ether oxygens (including phenoxy) is 1. The maximum atomic E-state index is 12.4. The predicted molar refractivity (Wildman–Crippen MR) is 74.2 cm³/mol. The number of aliphatic hydroxyl groups is 1. The lowest BCUT2D eigenvalue weighted by atomic mass is 10.2. The quantitative estimate of drug-likeness (QED) is 0.740. The van der Waals surface area contributed by atoms with E-state index >= 15 is 0 Å². The van der Waals surface area contributed by atoms with Gasteiger partial charge in [-0.25, -0.2) is 0 Å². The number of nitrogens with one attached hydrogen (secondary N) is 1. The first kappa shape index (κ1) is 14.9. The molecule has 0 radical (unpaired) electrons. The Morgan fingerprint density at radius 1 is 1.48 bits per heavy atom. The van der Waals surface area contributed by atoms with Gasteiger partial charge in [0.2, 0.25) is 0 Å². The summed E-state index contributed by atoms with van der Waals surface area (Å²) in [4.78, 5) is 24.4. The first-order chi connectivity index (χ1) is 10.1. The summed E-state index contributed by atoms with van der Waals surface area (Å²) in [6.45, 7) is -0.468. The lowest BCUT2D eigenvalue weighted by Crippen LogP contribution is -2.38. The summed E-state index contributed by atoms with van der Waals surface area (Å²) in [5, 5.41) is 23.4. The molecule has 1 aromatic heterocycles. The Morgan fingerprint density at radius 2 is 2.19 bits per heavy atom. The van der Waals surface area contributed by atoms with E-state index < -0.39 is 5.91 Å². The van der Waals surface area contributed by atoms with Gasteiger partial charge in [-0.2, -0.15) is 0 Å². The number of amides is 1. The second kappa shape index (κ2) is 6.33. The molecule has 0 fully saturated rings. The van der Waals surface area contributed by atoms with Crippen LogP contribution in [0.3, 0.4) is 0 Å². The van der Waals surface area contributed by atoms with E-state index in [1.807, 2.05) is 0 Å². The highest BCUT2D eigenvalue weighted by atomic mass is 16.5. The van der Waals surface area contributed by atoms with Gasteiger partial charge in [0.15, 0.2) is 0 Å². The number of aliphatic hydroxyl groups excluding tert-OH is 1. The highest BCUT2D eigenvalue weighted by Crippen LogP contribution is 2.15. The van der Waals surface area contributed by atoms with Crippen molar-refractivity contribution in [2.24, 2.45) is 0 Å². The number of aromatic nitrogens is 2. The van der Waals surface area contributed by atoms with Gasteiger partial charge in [-0.15, -0.1) is 0 Å². The second-order valence-corrected chi connectivity index (χ2v) is 4.29. The molecule has 2 N–H and O–H groups in total. The van der Waals surface area contributed by atoms with E-state index in [-0.39, 0.29) is 42.2 Å². The van der Waals surface area contributed by atoms with Gasteiger partial charge in [0, 0.05) is 24.6 Å². The maximum Gasteiger partial charge on any atom is 0.349 e.